The minimum absolute atomic E-state index is 0.796. The first-order chi connectivity index (χ1) is 13.3. The van der Waals surface area contributed by atoms with E-state index in [0.717, 1.165) is 32.4 Å². The van der Waals surface area contributed by atoms with Gasteiger partial charge >= 0.3 is 0 Å². The van der Waals surface area contributed by atoms with E-state index in [1.807, 2.05) is 24.3 Å². The van der Waals surface area contributed by atoms with Gasteiger partial charge in [0, 0.05) is 28.1 Å². The molecular formula is C24H18BrI2N. The van der Waals surface area contributed by atoms with Gasteiger partial charge in [0.05, 0.1) is 11.0 Å². The highest BCUT2D eigenvalue weighted by Crippen LogP contribution is 2.33. The molecule has 140 valence electrons. The van der Waals surface area contributed by atoms with Gasteiger partial charge in [-0.25, -0.2) is 0 Å². The summed E-state index contributed by atoms with van der Waals surface area (Å²) in [5.41, 5.74) is 4.83. The number of fused-ring (bicyclic) bond motifs is 3. The van der Waals surface area contributed by atoms with Crippen molar-refractivity contribution in [2.45, 2.75) is 0 Å². The average molecular weight is 654 g/mol. The third-order valence-electron chi connectivity index (χ3n) is 4.33. The van der Waals surface area contributed by atoms with Crippen molar-refractivity contribution in [1.29, 1.82) is 0 Å². The van der Waals surface area contributed by atoms with Crippen LogP contribution in [-0.4, -0.2) is 4.57 Å². The molecule has 0 aliphatic rings. The van der Waals surface area contributed by atoms with Crippen LogP contribution in [0.15, 0.2) is 103 Å². The maximum absolute atomic E-state index is 4.31. The molecule has 3 rings (SSSR count). The lowest BCUT2D eigenvalue weighted by molar-refractivity contribution is 1.24. The second-order valence-corrected chi connectivity index (χ2v) is 9.82. The Kier molecular flexibility index (Phi) is 6.83. The van der Waals surface area contributed by atoms with Gasteiger partial charge in [-0.05, 0) is 105 Å². The number of hydrogen-bond donors (Lipinski definition) is 0. The van der Waals surface area contributed by atoms with E-state index >= 15 is 0 Å². The highest BCUT2D eigenvalue weighted by molar-refractivity contribution is 14.1. The Morgan fingerprint density at radius 1 is 0.750 bits per heavy atom. The van der Waals surface area contributed by atoms with Gasteiger partial charge in [-0.2, -0.15) is 0 Å². The van der Waals surface area contributed by atoms with Crippen LogP contribution in [0.2, 0.25) is 0 Å². The summed E-state index contributed by atoms with van der Waals surface area (Å²) >= 11 is 8.02. The van der Waals surface area contributed by atoms with Crippen molar-refractivity contribution in [3.8, 4) is 0 Å². The Bertz CT molecular complexity index is 1150. The fraction of sp³-hybridized carbons (Fsp3) is 0. The van der Waals surface area contributed by atoms with E-state index in [1.54, 1.807) is 0 Å². The third kappa shape index (κ3) is 4.60. The maximum Gasteiger partial charge on any atom is 0.0541 e. The predicted molar refractivity (Wildman–Crippen MR) is 145 cm³/mol. The molecule has 0 bridgehead atoms. The molecule has 0 saturated carbocycles. The first-order valence-corrected chi connectivity index (χ1v) is 11.4. The maximum atomic E-state index is 4.31. The van der Waals surface area contributed by atoms with Crippen LogP contribution in [0.3, 0.4) is 0 Å². The van der Waals surface area contributed by atoms with Crippen LogP contribution in [-0.2, 0) is 0 Å². The zero-order chi connectivity index (χ0) is 20.4. The number of nitrogens with zero attached hydrogens (tertiary/aromatic N) is 1. The number of benzene rings is 2. The van der Waals surface area contributed by atoms with Crippen molar-refractivity contribution in [3.05, 3.63) is 110 Å². The van der Waals surface area contributed by atoms with E-state index in [2.05, 4.69) is 128 Å². The lowest BCUT2D eigenvalue weighted by Crippen LogP contribution is -1.93. The minimum atomic E-state index is 0.796. The van der Waals surface area contributed by atoms with Crippen molar-refractivity contribution in [1.82, 2.24) is 4.57 Å². The molecule has 0 amide bonds. The molecule has 0 radical (unpaired) electrons. The molecule has 4 heteroatoms. The normalized spacial score (nSPS) is 11.7. The van der Waals surface area contributed by atoms with Crippen LogP contribution in [0, 0.1) is 7.14 Å². The Morgan fingerprint density at radius 3 is 1.68 bits per heavy atom. The summed E-state index contributed by atoms with van der Waals surface area (Å²) in [6.45, 7) is 16.2. The van der Waals surface area contributed by atoms with Gasteiger partial charge in [-0.1, -0.05) is 54.4 Å². The van der Waals surface area contributed by atoms with E-state index in [1.165, 1.54) is 17.9 Å². The predicted octanol–water partition coefficient (Wildman–Crippen LogP) is 8.61. The molecule has 1 nitrogen and oxygen atoms in total. The highest BCUT2D eigenvalue weighted by Gasteiger charge is 2.12. The van der Waals surface area contributed by atoms with Crippen LogP contribution in [0.4, 0.5) is 0 Å². The molecule has 2 aromatic carbocycles. The van der Waals surface area contributed by atoms with Gasteiger partial charge in [0.15, 0.2) is 0 Å². The average Bonchev–Trinajstić information content (AvgIpc) is 2.96. The number of allylic oxidation sites excluding steroid dienone is 8. The first kappa shape index (κ1) is 21.3. The lowest BCUT2D eigenvalue weighted by Gasteiger charge is -2.08. The number of aromatic nitrogens is 1. The smallest absolute Gasteiger partial charge is 0.0541 e. The zero-order valence-corrected chi connectivity index (χ0v) is 21.1. The fourth-order valence-corrected chi connectivity index (χ4v) is 4.07. The van der Waals surface area contributed by atoms with Gasteiger partial charge in [0.1, 0.15) is 0 Å². The van der Waals surface area contributed by atoms with Gasteiger partial charge in [0.25, 0.3) is 0 Å². The monoisotopic (exact) mass is 653 g/mol. The van der Waals surface area contributed by atoms with Crippen LogP contribution in [0.25, 0.3) is 27.5 Å². The quantitative estimate of drug-likeness (QED) is 0.186. The Balaban J connectivity index is 2.03. The Morgan fingerprint density at radius 2 is 1.21 bits per heavy atom. The molecule has 0 saturated heterocycles. The molecular weight excluding hydrogens is 636 g/mol. The zero-order valence-electron chi connectivity index (χ0n) is 15.2. The second kappa shape index (κ2) is 8.97. The van der Waals surface area contributed by atoms with E-state index in [0.29, 0.717) is 0 Å². The SMILES string of the molecule is C=C(Br)C=CC(=C)C(=C)C=CC(=C)n1c2ccc(I)cc2c2cc(I)ccc21. The Hall–Kier alpha value is -1.38. The van der Waals surface area contributed by atoms with E-state index in [-0.39, 0.29) is 0 Å². The molecule has 0 spiro atoms. The van der Waals surface area contributed by atoms with Crippen LogP contribution >= 0.6 is 61.1 Å². The number of rotatable bonds is 6. The molecule has 0 atom stereocenters. The summed E-state index contributed by atoms with van der Waals surface area (Å²) in [6, 6.07) is 13.0. The molecule has 0 aliphatic heterocycles. The van der Waals surface area contributed by atoms with Crippen LogP contribution in [0.1, 0.15) is 0 Å². The van der Waals surface area contributed by atoms with Gasteiger partial charge in [-0.15, -0.1) is 0 Å². The summed E-state index contributed by atoms with van der Waals surface area (Å²) in [4.78, 5) is 0. The molecule has 28 heavy (non-hydrogen) atoms. The van der Waals surface area contributed by atoms with Crippen molar-refractivity contribution in [2.24, 2.45) is 0 Å². The van der Waals surface area contributed by atoms with Crippen molar-refractivity contribution >= 4 is 88.6 Å². The summed E-state index contributed by atoms with van der Waals surface area (Å²) < 4.78 is 5.42. The minimum Gasteiger partial charge on any atom is -0.310 e. The largest absolute Gasteiger partial charge is 0.310 e. The molecule has 1 aromatic heterocycles. The third-order valence-corrected chi connectivity index (χ3v) is 5.94. The highest BCUT2D eigenvalue weighted by atomic mass is 127. The lowest BCUT2D eigenvalue weighted by atomic mass is 10.1. The topological polar surface area (TPSA) is 4.93 Å². The molecule has 1 heterocycles. The fourth-order valence-electron chi connectivity index (χ4n) is 2.95. The molecule has 0 N–H and O–H groups in total. The summed E-state index contributed by atoms with van der Waals surface area (Å²) in [6.07, 6.45) is 7.67. The molecule has 0 fully saturated rings. The van der Waals surface area contributed by atoms with E-state index in [4.69, 9.17) is 0 Å². The van der Waals surface area contributed by atoms with E-state index in [9.17, 15) is 0 Å². The second-order valence-electron chi connectivity index (χ2n) is 6.31. The van der Waals surface area contributed by atoms with Gasteiger partial charge in [0.2, 0.25) is 0 Å². The first-order valence-electron chi connectivity index (χ1n) is 8.45. The molecule has 0 aliphatic carbocycles. The summed E-state index contributed by atoms with van der Waals surface area (Å²) in [7, 11) is 0. The summed E-state index contributed by atoms with van der Waals surface area (Å²) in [5.74, 6) is 0. The van der Waals surface area contributed by atoms with Gasteiger partial charge in [-0.3, -0.25) is 0 Å². The van der Waals surface area contributed by atoms with Crippen molar-refractivity contribution in [2.75, 3.05) is 0 Å². The van der Waals surface area contributed by atoms with Crippen LogP contribution in [0.5, 0.6) is 0 Å². The van der Waals surface area contributed by atoms with E-state index < -0.39 is 0 Å². The van der Waals surface area contributed by atoms with Gasteiger partial charge < -0.3 is 4.57 Å². The number of hydrogen-bond acceptors (Lipinski definition) is 0. The van der Waals surface area contributed by atoms with Crippen molar-refractivity contribution in [3.63, 3.8) is 0 Å². The Labute approximate surface area is 201 Å². The van der Waals surface area contributed by atoms with Crippen LogP contribution < -0.4 is 0 Å². The number of halogens is 3. The summed E-state index contributed by atoms with van der Waals surface area (Å²) in [5, 5.41) is 2.47. The van der Waals surface area contributed by atoms with Crippen molar-refractivity contribution < 1.29 is 0 Å². The molecule has 0 unspecified atom stereocenters. The standard InChI is InChI=1S/C24H18BrI2N/c1-15(5-7-17(3)25)16(2)6-8-18(4)28-23-11-9-19(26)13-21(23)22-14-20(27)10-12-24(22)28/h5-14H,1-4H2. The molecule has 3 aromatic rings.